The summed E-state index contributed by atoms with van der Waals surface area (Å²) in [5.74, 6) is 0. The van der Waals surface area contributed by atoms with E-state index >= 15 is 0 Å². The second kappa shape index (κ2) is 5.82. The highest BCUT2D eigenvalue weighted by atomic mass is 16.5. The van der Waals surface area contributed by atoms with Gasteiger partial charge < -0.3 is 19.7 Å². The third-order valence-corrected chi connectivity index (χ3v) is 2.36. The van der Waals surface area contributed by atoms with E-state index in [9.17, 15) is 4.79 Å². The summed E-state index contributed by atoms with van der Waals surface area (Å²) in [4.78, 5) is 13.1. The standard InChI is InChI=1S/C9H18N2O3/c1-10-4-3-8-7-14-6-5-11(8)9(12)13-2/h8,10H,3-7H2,1-2H3. The monoisotopic (exact) mass is 202 g/mol. The number of carbonyl (C=O) groups excluding carboxylic acids is 1. The number of nitrogens with zero attached hydrogens (tertiary/aromatic N) is 1. The summed E-state index contributed by atoms with van der Waals surface area (Å²) in [7, 11) is 3.30. The van der Waals surface area contributed by atoms with Crippen LogP contribution in [0.5, 0.6) is 0 Å². The molecule has 1 saturated heterocycles. The highest BCUT2D eigenvalue weighted by Crippen LogP contribution is 2.11. The molecule has 0 aromatic rings. The first kappa shape index (κ1) is 11.3. The van der Waals surface area contributed by atoms with Crippen LogP contribution in [-0.4, -0.2) is 57.5 Å². The molecule has 82 valence electrons. The van der Waals surface area contributed by atoms with E-state index in [1.807, 2.05) is 7.05 Å². The lowest BCUT2D eigenvalue weighted by atomic mass is 10.1. The van der Waals surface area contributed by atoms with Gasteiger partial charge in [-0.05, 0) is 20.0 Å². The summed E-state index contributed by atoms with van der Waals surface area (Å²) >= 11 is 0. The van der Waals surface area contributed by atoms with Gasteiger partial charge in [-0.15, -0.1) is 0 Å². The summed E-state index contributed by atoms with van der Waals surface area (Å²) in [6, 6.07) is 0.142. The highest BCUT2D eigenvalue weighted by Gasteiger charge is 2.27. The molecule has 0 saturated carbocycles. The maximum absolute atomic E-state index is 11.4. The lowest BCUT2D eigenvalue weighted by Crippen LogP contribution is -2.49. The van der Waals surface area contributed by atoms with Crippen molar-refractivity contribution in [2.75, 3.05) is 40.5 Å². The Balaban J connectivity index is 2.45. The fraction of sp³-hybridized carbons (Fsp3) is 0.889. The predicted octanol–water partition coefficient (Wildman–Crippen LogP) is 0.0631. The third-order valence-electron chi connectivity index (χ3n) is 2.36. The molecule has 0 radical (unpaired) electrons. The van der Waals surface area contributed by atoms with Crippen LogP contribution in [-0.2, 0) is 9.47 Å². The molecule has 1 heterocycles. The fourth-order valence-corrected chi connectivity index (χ4v) is 1.56. The van der Waals surface area contributed by atoms with Gasteiger partial charge in [-0.2, -0.15) is 0 Å². The van der Waals surface area contributed by atoms with Gasteiger partial charge in [0.1, 0.15) is 0 Å². The molecule has 1 aliphatic rings. The number of ether oxygens (including phenoxy) is 2. The number of carbonyl (C=O) groups is 1. The maximum Gasteiger partial charge on any atom is 0.409 e. The summed E-state index contributed by atoms with van der Waals surface area (Å²) in [5.41, 5.74) is 0. The second-order valence-corrected chi connectivity index (χ2v) is 3.28. The Morgan fingerprint density at radius 2 is 2.50 bits per heavy atom. The van der Waals surface area contributed by atoms with Gasteiger partial charge in [-0.25, -0.2) is 4.79 Å². The molecule has 1 amide bonds. The van der Waals surface area contributed by atoms with Crippen molar-refractivity contribution in [3.63, 3.8) is 0 Å². The van der Waals surface area contributed by atoms with E-state index in [0.717, 1.165) is 13.0 Å². The molecule has 5 heteroatoms. The predicted molar refractivity (Wildman–Crippen MR) is 52.3 cm³/mol. The van der Waals surface area contributed by atoms with Crippen molar-refractivity contribution in [3.8, 4) is 0 Å². The average molecular weight is 202 g/mol. The largest absolute Gasteiger partial charge is 0.453 e. The summed E-state index contributed by atoms with van der Waals surface area (Å²) in [5, 5.41) is 3.06. The van der Waals surface area contributed by atoms with E-state index in [4.69, 9.17) is 9.47 Å². The summed E-state index contributed by atoms with van der Waals surface area (Å²) in [6.07, 6.45) is 0.639. The van der Waals surface area contributed by atoms with Crippen molar-refractivity contribution < 1.29 is 14.3 Å². The number of morpholine rings is 1. The van der Waals surface area contributed by atoms with Gasteiger partial charge in [-0.1, -0.05) is 0 Å². The number of hydrogen-bond acceptors (Lipinski definition) is 4. The first-order valence-electron chi connectivity index (χ1n) is 4.86. The van der Waals surface area contributed by atoms with Crippen LogP contribution in [0.15, 0.2) is 0 Å². The van der Waals surface area contributed by atoms with Crippen LogP contribution in [0.3, 0.4) is 0 Å². The smallest absolute Gasteiger partial charge is 0.409 e. The van der Waals surface area contributed by atoms with Gasteiger partial charge in [0.15, 0.2) is 0 Å². The summed E-state index contributed by atoms with van der Waals surface area (Å²) in [6.45, 7) is 2.71. The summed E-state index contributed by atoms with van der Waals surface area (Å²) < 4.78 is 10.0. The molecule has 5 nitrogen and oxygen atoms in total. The Kier molecular flexibility index (Phi) is 4.69. The van der Waals surface area contributed by atoms with E-state index in [-0.39, 0.29) is 12.1 Å². The molecule has 1 aliphatic heterocycles. The third kappa shape index (κ3) is 2.85. The van der Waals surface area contributed by atoms with Crippen molar-refractivity contribution in [1.82, 2.24) is 10.2 Å². The SMILES string of the molecule is CNCCC1COCCN1C(=O)OC. The number of hydrogen-bond donors (Lipinski definition) is 1. The lowest BCUT2D eigenvalue weighted by Gasteiger charge is -2.34. The molecule has 0 aromatic heterocycles. The molecule has 1 unspecified atom stereocenters. The molecule has 0 bridgehead atoms. The Bertz CT molecular complexity index is 187. The van der Waals surface area contributed by atoms with Crippen molar-refractivity contribution in [2.24, 2.45) is 0 Å². The van der Waals surface area contributed by atoms with E-state index in [1.165, 1.54) is 7.11 Å². The van der Waals surface area contributed by atoms with Crippen molar-refractivity contribution in [2.45, 2.75) is 12.5 Å². The first-order chi connectivity index (χ1) is 6.79. The zero-order valence-corrected chi connectivity index (χ0v) is 8.78. The highest BCUT2D eigenvalue weighted by molar-refractivity contribution is 5.67. The number of nitrogens with one attached hydrogen (secondary N) is 1. The molecule has 0 aromatic carbocycles. The maximum atomic E-state index is 11.4. The number of methoxy groups -OCH3 is 1. The van der Waals surface area contributed by atoms with Crippen LogP contribution in [0.25, 0.3) is 0 Å². The van der Waals surface area contributed by atoms with E-state index in [2.05, 4.69) is 5.32 Å². The van der Waals surface area contributed by atoms with Crippen LogP contribution in [0, 0.1) is 0 Å². The molecular weight excluding hydrogens is 184 g/mol. The van der Waals surface area contributed by atoms with Crippen LogP contribution >= 0.6 is 0 Å². The molecule has 0 aliphatic carbocycles. The molecule has 1 rings (SSSR count). The topological polar surface area (TPSA) is 50.8 Å². The minimum absolute atomic E-state index is 0.142. The number of rotatable bonds is 3. The zero-order chi connectivity index (χ0) is 10.4. The Labute approximate surface area is 84.4 Å². The van der Waals surface area contributed by atoms with E-state index in [1.54, 1.807) is 4.90 Å². The zero-order valence-electron chi connectivity index (χ0n) is 8.78. The van der Waals surface area contributed by atoms with Crippen LogP contribution in [0.4, 0.5) is 4.79 Å². The first-order valence-corrected chi connectivity index (χ1v) is 4.86. The van der Waals surface area contributed by atoms with Gasteiger partial charge in [0.25, 0.3) is 0 Å². The van der Waals surface area contributed by atoms with Crippen molar-refractivity contribution in [1.29, 1.82) is 0 Å². The van der Waals surface area contributed by atoms with Gasteiger partial charge in [0, 0.05) is 6.54 Å². The molecular formula is C9H18N2O3. The van der Waals surface area contributed by atoms with Crippen LogP contribution in [0.1, 0.15) is 6.42 Å². The molecule has 1 N–H and O–H groups in total. The minimum atomic E-state index is -0.255. The van der Waals surface area contributed by atoms with E-state index < -0.39 is 0 Å². The average Bonchev–Trinajstić information content (AvgIpc) is 2.25. The van der Waals surface area contributed by atoms with Crippen molar-refractivity contribution >= 4 is 6.09 Å². The number of amides is 1. The molecule has 1 fully saturated rings. The van der Waals surface area contributed by atoms with Gasteiger partial charge >= 0.3 is 6.09 Å². The van der Waals surface area contributed by atoms with Gasteiger partial charge in [-0.3, -0.25) is 0 Å². The quantitative estimate of drug-likeness (QED) is 0.703. The lowest BCUT2D eigenvalue weighted by molar-refractivity contribution is -0.00660. The molecule has 14 heavy (non-hydrogen) atoms. The Morgan fingerprint density at radius 1 is 1.71 bits per heavy atom. The normalized spacial score (nSPS) is 22.1. The van der Waals surface area contributed by atoms with Crippen LogP contribution < -0.4 is 5.32 Å². The van der Waals surface area contributed by atoms with E-state index in [0.29, 0.717) is 19.8 Å². The van der Waals surface area contributed by atoms with Gasteiger partial charge in [0.2, 0.25) is 0 Å². The fourth-order valence-electron chi connectivity index (χ4n) is 1.56. The Hall–Kier alpha value is -0.810. The minimum Gasteiger partial charge on any atom is -0.453 e. The van der Waals surface area contributed by atoms with Gasteiger partial charge in [0.05, 0.1) is 26.4 Å². The second-order valence-electron chi connectivity index (χ2n) is 3.28. The Morgan fingerprint density at radius 3 is 3.14 bits per heavy atom. The van der Waals surface area contributed by atoms with Crippen LogP contribution in [0.2, 0.25) is 0 Å². The molecule has 1 atom stereocenters. The molecule has 0 spiro atoms. The van der Waals surface area contributed by atoms with Crippen molar-refractivity contribution in [3.05, 3.63) is 0 Å².